The van der Waals surface area contributed by atoms with Crippen LogP contribution in [0.5, 0.6) is 0 Å². The van der Waals surface area contributed by atoms with Crippen molar-refractivity contribution in [1.82, 2.24) is 0 Å². The normalized spacial score (nSPS) is 30.3. The van der Waals surface area contributed by atoms with Gasteiger partial charge < -0.3 is 43.0 Å². The zero-order valence-corrected chi connectivity index (χ0v) is 71.5. The van der Waals surface area contributed by atoms with Crippen molar-refractivity contribution >= 4 is 5.97 Å². The second-order valence-electron chi connectivity index (χ2n) is 40.8. The van der Waals surface area contributed by atoms with Gasteiger partial charge in [-0.05, 0) is 366 Å². The molecule has 8 aliphatic carbocycles. The van der Waals surface area contributed by atoms with E-state index in [1.165, 1.54) is 161 Å². The summed E-state index contributed by atoms with van der Waals surface area (Å²) in [4.78, 5) is 10.4. The summed E-state index contributed by atoms with van der Waals surface area (Å²) in [5.41, 5.74) is 0.282. The molecule has 10 heteroatoms. The van der Waals surface area contributed by atoms with E-state index >= 15 is 0 Å². The van der Waals surface area contributed by atoms with Crippen LogP contribution in [0.4, 0.5) is 0 Å². The van der Waals surface area contributed by atoms with Crippen molar-refractivity contribution in [2.45, 2.75) is 471 Å². The van der Waals surface area contributed by atoms with E-state index in [1.54, 1.807) is 0 Å². The van der Waals surface area contributed by atoms with Gasteiger partial charge in [0.05, 0.1) is 95.7 Å². The van der Waals surface area contributed by atoms with Gasteiger partial charge in [0.2, 0.25) is 0 Å². The standard InChI is InChI=1S/C13H26O.2C12H24O.C11H20O3.C11H22O.2C10H20O.C9H18O.CH4/c1-5-11-6-8-12(9-7-11)10-14-13(2,3)4;1-10-5-7-11(8-6-10)9-13-12(2,3)4;1-5-10-6-8-11(9-7-10)13-12(2,3)4;1-11(2,3)14-7-9-4-8(5-9)6-10(12)13;1-9-5-7-10(8-6-9)12-11(2,3)4;1-8-5-9(6-8)7-11-10(2,3)4;1-5-8-6-9(7-8)11-10(2,3)4;1-7-5-8(6-7)10-9(2,3)4;/h11-12H,5-10H2,1-4H3;2*10-11H,5-9H2,1-4H3;8-9H,4-7H2,1-3H3,(H,12,13);9-10H,5-8H2,1-4H3;2*8-9H,5-7H2,1-4H3;7-8H,5-6H2,1-4H3;1H4. The number of aliphatic carboxylic acids is 1. The Morgan fingerprint density at radius 2 is 0.515 bits per heavy atom. The molecule has 0 aromatic heterocycles. The molecule has 8 aliphatic rings. The minimum Gasteiger partial charge on any atom is -0.481 e. The van der Waals surface area contributed by atoms with Crippen LogP contribution in [-0.2, 0) is 42.7 Å². The molecule has 0 heterocycles. The van der Waals surface area contributed by atoms with Gasteiger partial charge in [-0.15, -0.1) is 0 Å². The lowest BCUT2D eigenvalue weighted by Gasteiger charge is -2.38. The number of hydrogen-bond donors (Lipinski definition) is 1. The van der Waals surface area contributed by atoms with Gasteiger partial charge in [0.1, 0.15) is 0 Å². The number of ether oxygens (including phenoxy) is 8. The van der Waals surface area contributed by atoms with Crippen molar-refractivity contribution in [1.29, 1.82) is 0 Å². The number of carboxylic acids is 1. The molecule has 0 amide bonds. The maximum Gasteiger partial charge on any atom is 0.303 e. The van der Waals surface area contributed by atoms with Crippen LogP contribution < -0.4 is 0 Å². The summed E-state index contributed by atoms with van der Waals surface area (Å²) in [6.45, 7) is 70.8. The quantitative estimate of drug-likeness (QED) is 0.151. The van der Waals surface area contributed by atoms with Crippen LogP contribution in [0.25, 0.3) is 0 Å². The summed E-state index contributed by atoms with van der Waals surface area (Å²) in [6.07, 6.45) is 38.1. The highest BCUT2D eigenvalue weighted by atomic mass is 16.5. The van der Waals surface area contributed by atoms with E-state index in [1.807, 2.05) is 20.8 Å². The highest BCUT2D eigenvalue weighted by Crippen LogP contribution is 2.39. The number of carboxylic acid groups (broad SMARTS) is 1. The van der Waals surface area contributed by atoms with Crippen LogP contribution in [0.15, 0.2) is 0 Å². The minimum absolute atomic E-state index is 0. The van der Waals surface area contributed by atoms with E-state index in [0.29, 0.717) is 42.7 Å². The first kappa shape index (κ1) is 98.2. The SMILES string of the molecule is C.CC(C)(C)OCC1CC(CC(=O)O)C1.CC1CC(COC(C)(C)C)C1.CC1CC(OC(C)(C)C)C1.CC1CCC(COC(C)(C)C)CC1.CC1CCC(OC(C)(C)C)CC1.CCC1CC(OC(C)(C)C)C1.CCC1CCC(COC(C)(C)C)CC1.CCC1CCC(OC(C)(C)C)CC1. The van der Waals surface area contributed by atoms with Crippen molar-refractivity contribution in [3.63, 3.8) is 0 Å². The third kappa shape index (κ3) is 56.2. The Hall–Kier alpha value is -0.850. The molecule has 0 atom stereocenters. The molecule has 8 fully saturated rings. The van der Waals surface area contributed by atoms with Crippen molar-refractivity contribution in [2.75, 3.05) is 26.4 Å². The smallest absolute Gasteiger partial charge is 0.303 e. The van der Waals surface area contributed by atoms with E-state index in [2.05, 4.69) is 194 Å². The summed E-state index contributed by atoms with van der Waals surface area (Å²) in [7, 11) is 0. The zero-order chi connectivity index (χ0) is 75.1. The third-order valence-electron chi connectivity index (χ3n) is 20.5. The van der Waals surface area contributed by atoms with Gasteiger partial charge in [0, 0.05) is 6.42 Å². The van der Waals surface area contributed by atoms with Crippen molar-refractivity contribution < 1.29 is 47.8 Å². The van der Waals surface area contributed by atoms with Crippen LogP contribution in [-0.4, -0.2) is 107 Å². The molecule has 8 saturated carbocycles. The molecule has 99 heavy (non-hydrogen) atoms. The second kappa shape index (κ2) is 47.1. The average molecular weight is 1410 g/mol. The van der Waals surface area contributed by atoms with E-state index in [0.717, 1.165) is 98.4 Å². The molecule has 0 unspecified atom stereocenters. The molecule has 0 spiro atoms. The molecule has 8 rings (SSSR count). The Balaban J connectivity index is 0.00000111. The average Bonchev–Trinajstić information content (AvgIpc) is 0.874. The molecule has 0 saturated heterocycles. The summed E-state index contributed by atoms with van der Waals surface area (Å²) < 4.78 is 46.4. The Kier molecular flexibility index (Phi) is 46.7. The molecule has 0 bridgehead atoms. The molecular weight excluding hydrogens is 1230 g/mol. The largest absolute Gasteiger partial charge is 0.481 e. The zero-order valence-electron chi connectivity index (χ0n) is 71.5. The third-order valence-corrected chi connectivity index (χ3v) is 20.5. The second-order valence-corrected chi connectivity index (χ2v) is 40.8. The lowest BCUT2D eigenvalue weighted by atomic mass is 9.74. The Morgan fingerprint density at radius 1 is 0.273 bits per heavy atom. The first-order valence-electron chi connectivity index (χ1n) is 41.3. The van der Waals surface area contributed by atoms with Crippen LogP contribution in [0.2, 0.25) is 0 Å². The van der Waals surface area contributed by atoms with Crippen LogP contribution >= 0.6 is 0 Å². The number of hydrogen-bond acceptors (Lipinski definition) is 9. The maximum atomic E-state index is 10.4. The van der Waals surface area contributed by atoms with Gasteiger partial charge in [-0.2, -0.15) is 0 Å². The van der Waals surface area contributed by atoms with Gasteiger partial charge in [0.25, 0.3) is 0 Å². The number of carbonyl (C=O) groups is 1. The van der Waals surface area contributed by atoms with Crippen LogP contribution in [0, 0.1) is 71.0 Å². The fourth-order valence-corrected chi connectivity index (χ4v) is 14.4. The summed E-state index contributed by atoms with van der Waals surface area (Å²) in [6, 6.07) is 0. The predicted molar refractivity (Wildman–Crippen MR) is 427 cm³/mol. The first-order chi connectivity index (χ1) is 44.8. The maximum absolute atomic E-state index is 10.4. The molecule has 0 radical (unpaired) electrons. The Labute approximate surface area is 619 Å². The van der Waals surface area contributed by atoms with Gasteiger partial charge in [-0.25, -0.2) is 0 Å². The molecule has 0 aromatic carbocycles. The first-order valence-corrected chi connectivity index (χ1v) is 41.3. The fraction of sp³-hybridized carbons (Fsp3) is 0.989. The van der Waals surface area contributed by atoms with Gasteiger partial charge >= 0.3 is 5.97 Å². The summed E-state index contributed by atoms with van der Waals surface area (Å²) in [5.74, 6) is 9.44. The lowest BCUT2D eigenvalue weighted by Crippen LogP contribution is -2.37. The van der Waals surface area contributed by atoms with Crippen molar-refractivity contribution in [3.8, 4) is 0 Å². The summed E-state index contributed by atoms with van der Waals surface area (Å²) >= 11 is 0. The van der Waals surface area contributed by atoms with Crippen LogP contribution in [0.1, 0.15) is 402 Å². The monoisotopic (exact) mass is 1410 g/mol. The van der Waals surface area contributed by atoms with Crippen LogP contribution in [0.3, 0.4) is 0 Å². The predicted octanol–water partition coefficient (Wildman–Crippen LogP) is 26.2. The molecule has 0 aliphatic heterocycles. The Morgan fingerprint density at radius 3 is 0.798 bits per heavy atom. The molecular formula is C89H178O10. The topological polar surface area (TPSA) is 111 Å². The molecule has 0 aromatic rings. The number of rotatable bonds is 17. The van der Waals surface area contributed by atoms with E-state index in [-0.39, 0.29) is 52.2 Å². The van der Waals surface area contributed by atoms with Gasteiger partial charge in [-0.1, -0.05) is 101 Å². The fourth-order valence-electron chi connectivity index (χ4n) is 14.4. The lowest BCUT2D eigenvalue weighted by molar-refractivity contribution is -0.139. The molecule has 594 valence electrons. The summed E-state index contributed by atoms with van der Waals surface area (Å²) in [5, 5.41) is 8.56. The molecule has 10 nitrogen and oxygen atoms in total. The van der Waals surface area contributed by atoms with E-state index in [9.17, 15) is 4.79 Å². The highest BCUT2D eigenvalue weighted by Gasteiger charge is 2.34. The molecule has 1 N–H and O–H groups in total. The van der Waals surface area contributed by atoms with Crippen molar-refractivity contribution in [3.05, 3.63) is 0 Å². The van der Waals surface area contributed by atoms with Crippen molar-refractivity contribution in [2.24, 2.45) is 71.0 Å². The van der Waals surface area contributed by atoms with Gasteiger partial charge in [-0.3, -0.25) is 4.79 Å². The van der Waals surface area contributed by atoms with Gasteiger partial charge in [0.15, 0.2) is 0 Å². The highest BCUT2D eigenvalue weighted by molar-refractivity contribution is 5.67. The minimum atomic E-state index is -0.676. The van der Waals surface area contributed by atoms with E-state index < -0.39 is 5.97 Å². The van der Waals surface area contributed by atoms with E-state index in [4.69, 9.17) is 43.0 Å². The Bertz CT molecular complexity index is 1940.